The van der Waals surface area contributed by atoms with Crippen LogP contribution in [-0.2, 0) is 26.2 Å². The molecule has 1 atom stereocenters. The minimum absolute atomic E-state index is 0.0964. The standard InChI is InChI=1S/C30H37N3O4S/c1-5-6-20-31-30(35)25(4)32(21-26-13-8-7-9-14-26)29(34)22-33(28-15-11-10-12-24(28)3)38(36,37)27-18-16-23(2)17-19-27/h7-19,25H,5-6,20-22H2,1-4H3,(H,31,35). The molecule has 0 aliphatic rings. The van der Waals surface area contributed by atoms with Crippen molar-refractivity contribution in [3.63, 3.8) is 0 Å². The monoisotopic (exact) mass is 535 g/mol. The number of carbonyl (C=O) groups excluding carboxylic acids is 2. The van der Waals surface area contributed by atoms with Crippen LogP contribution in [0.25, 0.3) is 0 Å². The molecule has 0 spiro atoms. The molecule has 0 aliphatic carbocycles. The normalized spacial score (nSPS) is 12.0. The Balaban J connectivity index is 1.99. The quantitative estimate of drug-likeness (QED) is 0.337. The van der Waals surface area contributed by atoms with E-state index in [0.717, 1.165) is 33.8 Å². The first-order valence-corrected chi connectivity index (χ1v) is 14.3. The van der Waals surface area contributed by atoms with Crippen LogP contribution >= 0.6 is 0 Å². The van der Waals surface area contributed by atoms with Crippen LogP contribution in [0, 0.1) is 13.8 Å². The summed E-state index contributed by atoms with van der Waals surface area (Å²) in [5.74, 6) is -0.738. The van der Waals surface area contributed by atoms with Gasteiger partial charge in [-0.1, -0.05) is 79.6 Å². The second-order valence-corrected chi connectivity index (χ2v) is 11.3. The van der Waals surface area contributed by atoms with Gasteiger partial charge in [-0.25, -0.2) is 8.42 Å². The zero-order valence-electron chi connectivity index (χ0n) is 22.6. The van der Waals surface area contributed by atoms with E-state index in [1.807, 2.05) is 63.2 Å². The molecule has 3 aromatic rings. The van der Waals surface area contributed by atoms with Gasteiger partial charge in [-0.05, 0) is 56.5 Å². The minimum atomic E-state index is -4.07. The summed E-state index contributed by atoms with van der Waals surface area (Å²) < 4.78 is 28.9. The molecule has 202 valence electrons. The van der Waals surface area contributed by atoms with Gasteiger partial charge in [0.25, 0.3) is 10.0 Å². The van der Waals surface area contributed by atoms with Gasteiger partial charge in [-0.15, -0.1) is 0 Å². The van der Waals surface area contributed by atoms with Gasteiger partial charge < -0.3 is 10.2 Å². The molecule has 0 aromatic heterocycles. The third kappa shape index (κ3) is 7.22. The van der Waals surface area contributed by atoms with Crippen LogP contribution < -0.4 is 9.62 Å². The number of rotatable bonds is 12. The van der Waals surface area contributed by atoms with E-state index < -0.39 is 28.5 Å². The van der Waals surface area contributed by atoms with Crippen molar-refractivity contribution in [2.75, 3.05) is 17.4 Å². The largest absolute Gasteiger partial charge is 0.354 e. The van der Waals surface area contributed by atoms with Crippen molar-refractivity contribution < 1.29 is 18.0 Å². The summed E-state index contributed by atoms with van der Waals surface area (Å²) in [4.78, 5) is 28.4. The van der Waals surface area contributed by atoms with Gasteiger partial charge in [-0.2, -0.15) is 0 Å². The third-order valence-corrected chi connectivity index (χ3v) is 8.24. The Hall–Kier alpha value is -3.65. The molecule has 0 radical (unpaired) electrons. The fourth-order valence-corrected chi connectivity index (χ4v) is 5.57. The highest BCUT2D eigenvalue weighted by Crippen LogP contribution is 2.27. The molecule has 38 heavy (non-hydrogen) atoms. The Morgan fingerprint density at radius 1 is 0.895 bits per heavy atom. The minimum Gasteiger partial charge on any atom is -0.354 e. The van der Waals surface area contributed by atoms with Gasteiger partial charge in [0.2, 0.25) is 11.8 Å². The highest BCUT2D eigenvalue weighted by molar-refractivity contribution is 7.92. The van der Waals surface area contributed by atoms with E-state index in [-0.39, 0.29) is 17.3 Å². The van der Waals surface area contributed by atoms with E-state index in [2.05, 4.69) is 5.32 Å². The maximum Gasteiger partial charge on any atom is 0.264 e. The molecule has 1 unspecified atom stereocenters. The van der Waals surface area contributed by atoms with Crippen LogP contribution in [0.3, 0.4) is 0 Å². The Kier molecular flexibility index (Phi) is 10.1. The van der Waals surface area contributed by atoms with Gasteiger partial charge in [0.05, 0.1) is 10.6 Å². The molecule has 0 heterocycles. The van der Waals surface area contributed by atoms with Crippen LogP contribution in [0.5, 0.6) is 0 Å². The predicted molar refractivity (Wildman–Crippen MR) is 151 cm³/mol. The number of hydrogen-bond donors (Lipinski definition) is 1. The van der Waals surface area contributed by atoms with E-state index in [1.165, 1.54) is 4.90 Å². The zero-order valence-corrected chi connectivity index (χ0v) is 23.4. The molecule has 0 fully saturated rings. The SMILES string of the molecule is CCCCNC(=O)C(C)N(Cc1ccccc1)C(=O)CN(c1ccccc1C)S(=O)(=O)c1ccc(C)cc1. The molecular weight excluding hydrogens is 498 g/mol. The summed E-state index contributed by atoms with van der Waals surface area (Å²) in [6.07, 6.45) is 1.77. The topological polar surface area (TPSA) is 86.8 Å². The molecule has 3 rings (SSSR count). The fraction of sp³-hybridized carbons (Fsp3) is 0.333. The number of hydrogen-bond acceptors (Lipinski definition) is 4. The number of sulfonamides is 1. The van der Waals surface area contributed by atoms with Gasteiger partial charge in [-0.3, -0.25) is 13.9 Å². The smallest absolute Gasteiger partial charge is 0.264 e. The molecule has 0 bridgehead atoms. The number of para-hydroxylation sites is 1. The molecule has 2 amide bonds. The Morgan fingerprint density at radius 3 is 2.16 bits per heavy atom. The molecule has 3 aromatic carbocycles. The third-order valence-electron chi connectivity index (χ3n) is 6.46. The van der Waals surface area contributed by atoms with Gasteiger partial charge in [0.1, 0.15) is 12.6 Å². The first-order chi connectivity index (χ1) is 18.1. The number of carbonyl (C=O) groups is 2. The summed E-state index contributed by atoms with van der Waals surface area (Å²) in [6.45, 7) is 7.65. The van der Waals surface area contributed by atoms with E-state index >= 15 is 0 Å². The number of nitrogens with one attached hydrogen (secondary N) is 1. The van der Waals surface area contributed by atoms with E-state index in [9.17, 15) is 18.0 Å². The Bertz CT molecular complexity index is 1330. The predicted octanol–water partition coefficient (Wildman–Crippen LogP) is 4.83. The van der Waals surface area contributed by atoms with Gasteiger partial charge in [0, 0.05) is 13.1 Å². The first kappa shape index (κ1) is 28.9. The second-order valence-electron chi connectivity index (χ2n) is 9.44. The number of aryl methyl sites for hydroxylation is 2. The lowest BCUT2D eigenvalue weighted by molar-refractivity contribution is -0.139. The highest BCUT2D eigenvalue weighted by atomic mass is 32.2. The summed E-state index contributed by atoms with van der Waals surface area (Å²) in [7, 11) is -4.07. The number of nitrogens with zero attached hydrogens (tertiary/aromatic N) is 2. The van der Waals surface area contributed by atoms with Crippen molar-refractivity contribution in [1.29, 1.82) is 0 Å². The number of amides is 2. The van der Waals surface area contributed by atoms with Crippen molar-refractivity contribution in [1.82, 2.24) is 10.2 Å². The Labute approximate surface area is 226 Å². The summed E-state index contributed by atoms with van der Waals surface area (Å²) in [6, 6.07) is 22.2. The maximum absolute atomic E-state index is 13.9. The van der Waals surface area contributed by atoms with E-state index in [1.54, 1.807) is 43.3 Å². The van der Waals surface area contributed by atoms with Gasteiger partial charge >= 0.3 is 0 Å². The Morgan fingerprint density at radius 2 is 1.53 bits per heavy atom. The van der Waals surface area contributed by atoms with Crippen molar-refractivity contribution >= 4 is 27.5 Å². The maximum atomic E-state index is 13.9. The molecular formula is C30H37N3O4S. The van der Waals surface area contributed by atoms with Crippen LogP contribution in [0.15, 0.2) is 83.8 Å². The van der Waals surface area contributed by atoms with E-state index in [4.69, 9.17) is 0 Å². The van der Waals surface area contributed by atoms with E-state index in [0.29, 0.717) is 12.2 Å². The van der Waals surface area contributed by atoms with Crippen molar-refractivity contribution in [3.8, 4) is 0 Å². The van der Waals surface area contributed by atoms with Crippen LogP contribution in [0.2, 0.25) is 0 Å². The lowest BCUT2D eigenvalue weighted by Gasteiger charge is -2.32. The lowest BCUT2D eigenvalue weighted by atomic mass is 10.1. The fourth-order valence-electron chi connectivity index (χ4n) is 4.09. The molecule has 1 N–H and O–H groups in total. The van der Waals surface area contributed by atoms with Crippen LogP contribution in [0.1, 0.15) is 43.4 Å². The second kappa shape index (κ2) is 13.2. The van der Waals surface area contributed by atoms with Crippen molar-refractivity contribution in [2.45, 2.75) is 58.0 Å². The number of unbranched alkanes of at least 4 members (excludes halogenated alkanes) is 1. The number of benzene rings is 3. The molecule has 7 nitrogen and oxygen atoms in total. The summed E-state index contributed by atoms with van der Waals surface area (Å²) in [5, 5.41) is 2.90. The molecule has 0 aliphatic heterocycles. The first-order valence-electron chi connectivity index (χ1n) is 12.9. The average Bonchev–Trinajstić information content (AvgIpc) is 2.91. The van der Waals surface area contributed by atoms with Crippen LogP contribution in [0.4, 0.5) is 5.69 Å². The van der Waals surface area contributed by atoms with Crippen molar-refractivity contribution in [2.24, 2.45) is 0 Å². The summed E-state index contributed by atoms with van der Waals surface area (Å²) >= 11 is 0. The van der Waals surface area contributed by atoms with Gasteiger partial charge in [0.15, 0.2) is 0 Å². The molecule has 0 saturated carbocycles. The molecule has 0 saturated heterocycles. The summed E-state index contributed by atoms with van der Waals surface area (Å²) in [5.41, 5.74) is 2.91. The zero-order chi connectivity index (χ0) is 27.7. The van der Waals surface area contributed by atoms with Crippen LogP contribution in [-0.4, -0.2) is 44.3 Å². The molecule has 8 heteroatoms. The lowest BCUT2D eigenvalue weighted by Crippen LogP contribution is -2.51. The van der Waals surface area contributed by atoms with Crippen molar-refractivity contribution in [3.05, 3.63) is 95.6 Å². The highest BCUT2D eigenvalue weighted by Gasteiger charge is 2.33. The average molecular weight is 536 g/mol. The number of anilines is 1.